The molecule has 58 valence electrons. The number of nitrogens with zero attached hydrogens (tertiary/aromatic N) is 1. The molecule has 0 bridgehead atoms. The lowest BCUT2D eigenvalue weighted by Gasteiger charge is -2.06. The first-order valence-corrected chi connectivity index (χ1v) is 4.11. The molecule has 2 rings (SSSR count). The molecule has 0 fully saturated rings. The maximum absolute atomic E-state index is 10.7. The van der Waals surface area contributed by atoms with E-state index in [-0.39, 0.29) is 11.3 Å². The fourth-order valence-corrected chi connectivity index (χ4v) is 2.01. The molecule has 11 heavy (non-hydrogen) atoms. The summed E-state index contributed by atoms with van der Waals surface area (Å²) in [5.74, 6) is -0.321. The van der Waals surface area contributed by atoms with Crippen molar-refractivity contribution in [1.29, 1.82) is 0 Å². The van der Waals surface area contributed by atoms with Gasteiger partial charge in [0.2, 0.25) is 0 Å². The van der Waals surface area contributed by atoms with Crippen LogP contribution in [0.2, 0.25) is 0 Å². The van der Waals surface area contributed by atoms with Gasteiger partial charge in [-0.15, -0.1) is 0 Å². The zero-order valence-electron chi connectivity index (χ0n) is 5.70. The summed E-state index contributed by atoms with van der Waals surface area (Å²) in [4.78, 5) is 15.8. The lowest BCUT2D eigenvalue weighted by Crippen LogP contribution is -2.35. The van der Waals surface area contributed by atoms with Crippen LogP contribution in [0.4, 0.5) is 0 Å². The molecule has 0 spiro atoms. The maximum Gasteiger partial charge on any atom is 0.250 e. The minimum Gasteiger partial charge on any atom is -0.367 e. The Morgan fingerprint density at radius 3 is 3.36 bits per heavy atom. The molecule has 0 saturated heterocycles. The van der Waals surface area contributed by atoms with Crippen molar-refractivity contribution in [2.24, 2.45) is 10.7 Å². The van der Waals surface area contributed by atoms with Gasteiger partial charge in [-0.1, -0.05) is 11.8 Å². The zero-order valence-corrected chi connectivity index (χ0v) is 6.52. The smallest absolute Gasteiger partial charge is 0.250 e. The predicted molar refractivity (Wildman–Crippen MR) is 44.1 cm³/mol. The number of allylic oxidation sites excluding steroid dienone is 1. The van der Waals surface area contributed by atoms with Crippen LogP contribution in [-0.4, -0.2) is 24.0 Å². The van der Waals surface area contributed by atoms with Gasteiger partial charge in [-0.2, -0.15) is 0 Å². The molecular weight excluding hydrogens is 162 g/mol. The molecule has 1 atom stereocenters. The Morgan fingerprint density at radius 1 is 1.91 bits per heavy atom. The molecule has 0 aromatic heterocycles. The number of nitrogens with one attached hydrogen (secondary N) is 1. The number of carbonyl (C=O) groups is 1. The summed E-state index contributed by atoms with van der Waals surface area (Å²) in [6.07, 6.45) is 1.77. The molecule has 3 N–H and O–H groups in total. The second kappa shape index (κ2) is 2.27. The van der Waals surface area contributed by atoms with E-state index in [4.69, 9.17) is 5.73 Å². The molecule has 1 unspecified atom stereocenters. The number of carbonyl (C=O) groups excluding carboxylic acids is 1. The molecule has 2 aliphatic rings. The molecule has 2 aliphatic heterocycles. The normalized spacial score (nSPS) is 27.1. The predicted octanol–water partition coefficient (Wildman–Crippen LogP) is -0.570. The Kier molecular flexibility index (Phi) is 1.38. The Bertz CT molecular complexity index is 271. The van der Waals surface area contributed by atoms with Crippen molar-refractivity contribution in [3.63, 3.8) is 0 Å². The minimum atomic E-state index is -0.321. The number of rotatable bonds is 1. The van der Waals surface area contributed by atoms with Gasteiger partial charge in [0.15, 0.2) is 5.37 Å². The van der Waals surface area contributed by atoms with Crippen molar-refractivity contribution >= 4 is 23.9 Å². The van der Waals surface area contributed by atoms with Crippen LogP contribution < -0.4 is 11.1 Å². The number of thioether (sulfide) groups is 1. The van der Waals surface area contributed by atoms with E-state index in [1.165, 1.54) is 11.8 Å². The lowest BCUT2D eigenvalue weighted by atomic mass is 10.4. The van der Waals surface area contributed by atoms with Gasteiger partial charge in [0, 0.05) is 16.8 Å². The minimum absolute atomic E-state index is 0.285. The Hall–Kier alpha value is -0.970. The summed E-state index contributed by atoms with van der Waals surface area (Å²) in [7, 11) is 0. The van der Waals surface area contributed by atoms with E-state index in [0.717, 1.165) is 10.6 Å². The molecule has 0 aliphatic carbocycles. The third kappa shape index (κ3) is 1.01. The fourth-order valence-electron chi connectivity index (χ4n) is 1.04. The zero-order chi connectivity index (χ0) is 7.84. The molecule has 0 aromatic rings. The fraction of sp³-hybridized carbons (Fsp3) is 0.333. The van der Waals surface area contributed by atoms with Crippen molar-refractivity contribution < 1.29 is 4.79 Å². The monoisotopic (exact) mass is 169 g/mol. The van der Waals surface area contributed by atoms with E-state index in [9.17, 15) is 4.79 Å². The Labute approximate surface area is 67.9 Å². The Balaban J connectivity index is 2.11. The van der Waals surface area contributed by atoms with Gasteiger partial charge in [0.25, 0.3) is 5.91 Å². The average Bonchev–Trinajstić information content (AvgIpc) is 2.40. The highest BCUT2D eigenvalue weighted by molar-refractivity contribution is 8.05. The number of hydrogen-bond donors (Lipinski definition) is 2. The van der Waals surface area contributed by atoms with Gasteiger partial charge < -0.3 is 11.1 Å². The van der Waals surface area contributed by atoms with Crippen LogP contribution in [-0.2, 0) is 4.79 Å². The second-order valence-corrected chi connectivity index (χ2v) is 3.50. The van der Waals surface area contributed by atoms with Crippen molar-refractivity contribution in [3.8, 4) is 0 Å². The molecule has 2 heterocycles. The number of primary amides is 1. The standard InChI is InChI=1S/C6H7N3OS/c7-5(10)6-9-3-1-8-2-4(3)11-6/h2,6,9H,1H2,(H2,7,10). The van der Waals surface area contributed by atoms with Crippen LogP contribution in [0, 0.1) is 0 Å². The topological polar surface area (TPSA) is 67.5 Å². The molecule has 0 saturated carbocycles. The van der Waals surface area contributed by atoms with Gasteiger partial charge in [-0.3, -0.25) is 9.79 Å². The van der Waals surface area contributed by atoms with Gasteiger partial charge in [-0.05, 0) is 0 Å². The van der Waals surface area contributed by atoms with Gasteiger partial charge in [0.1, 0.15) is 0 Å². The second-order valence-electron chi connectivity index (χ2n) is 2.36. The highest BCUT2D eigenvalue weighted by Crippen LogP contribution is 2.31. The molecule has 0 aromatic carbocycles. The SMILES string of the molecule is NC(=O)C1NC2=C(C=NC2)S1. The summed E-state index contributed by atoms with van der Waals surface area (Å²) in [6, 6.07) is 0. The highest BCUT2D eigenvalue weighted by atomic mass is 32.2. The summed E-state index contributed by atoms with van der Waals surface area (Å²) < 4.78 is 0. The van der Waals surface area contributed by atoms with Crippen LogP contribution in [0.3, 0.4) is 0 Å². The van der Waals surface area contributed by atoms with Crippen molar-refractivity contribution in [2.45, 2.75) is 5.37 Å². The lowest BCUT2D eigenvalue weighted by molar-refractivity contribution is -0.117. The van der Waals surface area contributed by atoms with E-state index in [1.54, 1.807) is 6.21 Å². The van der Waals surface area contributed by atoms with Gasteiger partial charge in [0.05, 0.1) is 6.54 Å². The summed E-state index contributed by atoms with van der Waals surface area (Å²) in [5, 5.41) is 2.71. The third-order valence-electron chi connectivity index (χ3n) is 1.56. The number of aliphatic imine (C=N–C) groups is 1. The van der Waals surface area contributed by atoms with E-state index in [0.29, 0.717) is 6.54 Å². The molecule has 4 nitrogen and oxygen atoms in total. The number of nitrogens with two attached hydrogens (primary N) is 1. The number of hydrogen-bond acceptors (Lipinski definition) is 4. The third-order valence-corrected chi connectivity index (χ3v) is 2.76. The first-order valence-electron chi connectivity index (χ1n) is 3.23. The van der Waals surface area contributed by atoms with Crippen molar-refractivity contribution in [1.82, 2.24) is 5.32 Å². The molecule has 5 heteroatoms. The van der Waals surface area contributed by atoms with Gasteiger partial charge in [-0.25, -0.2) is 0 Å². The van der Waals surface area contributed by atoms with E-state index in [2.05, 4.69) is 10.3 Å². The van der Waals surface area contributed by atoms with Crippen LogP contribution in [0.1, 0.15) is 0 Å². The van der Waals surface area contributed by atoms with E-state index < -0.39 is 0 Å². The van der Waals surface area contributed by atoms with Crippen molar-refractivity contribution in [3.05, 3.63) is 10.6 Å². The Morgan fingerprint density at radius 2 is 2.73 bits per heavy atom. The first-order chi connectivity index (χ1) is 5.27. The first kappa shape index (κ1) is 6.72. The maximum atomic E-state index is 10.7. The summed E-state index contributed by atoms with van der Waals surface area (Å²) in [5.41, 5.74) is 6.13. The quantitative estimate of drug-likeness (QED) is 0.552. The van der Waals surface area contributed by atoms with Crippen LogP contribution in [0.25, 0.3) is 0 Å². The van der Waals surface area contributed by atoms with Crippen LogP contribution >= 0.6 is 11.8 Å². The molecule has 1 amide bonds. The van der Waals surface area contributed by atoms with E-state index in [1.807, 2.05) is 0 Å². The summed E-state index contributed by atoms with van der Waals surface area (Å²) in [6.45, 7) is 0.659. The summed E-state index contributed by atoms with van der Waals surface area (Å²) >= 11 is 1.43. The van der Waals surface area contributed by atoms with Crippen LogP contribution in [0.5, 0.6) is 0 Å². The molecular formula is C6H7N3OS. The van der Waals surface area contributed by atoms with Crippen LogP contribution in [0.15, 0.2) is 15.6 Å². The highest BCUT2D eigenvalue weighted by Gasteiger charge is 2.28. The van der Waals surface area contributed by atoms with E-state index >= 15 is 0 Å². The number of amides is 1. The van der Waals surface area contributed by atoms with Crippen molar-refractivity contribution in [2.75, 3.05) is 6.54 Å². The molecule has 0 radical (unpaired) electrons. The van der Waals surface area contributed by atoms with Gasteiger partial charge >= 0.3 is 0 Å². The average molecular weight is 169 g/mol. The largest absolute Gasteiger partial charge is 0.367 e.